The van der Waals surface area contributed by atoms with Crippen LogP contribution in [-0.2, 0) is 47.0 Å². The number of nitrogens with two attached hydrogens (primary N) is 1. The summed E-state index contributed by atoms with van der Waals surface area (Å²) in [7, 11) is -8.26. The first-order valence-corrected chi connectivity index (χ1v) is 18.0. The summed E-state index contributed by atoms with van der Waals surface area (Å²) in [5.74, 6) is -0.296. The van der Waals surface area contributed by atoms with Gasteiger partial charge < -0.3 is 30.7 Å². The number of sulfone groups is 1. The summed E-state index contributed by atoms with van der Waals surface area (Å²) < 4.78 is 52.1. The summed E-state index contributed by atoms with van der Waals surface area (Å²) >= 11 is 0. The minimum absolute atomic E-state index is 0.0851. The molecule has 1 aliphatic rings. The molecule has 46 heavy (non-hydrogen) atoms. The lowest BCUT2D eigenvalue weighted by Gasteiger charge is -2.38. The van der Waals surface area contributed by atoms with E-state index in [1.54, 1.807) is 48.5 Å². The Hall–Kier alpha value is -4.41. The monoisotopic (exact) mass is 660 g/mol. The van der Waals surface area contributed by atoms with E-state index in [2.05, 4.69) is 16.0 Å². The Balaban J connectivity index is 1.28. The van der Waals surface area contributed by atoms with Crippen molar-refractivity contribution in [2.24, 2.45) is 5.73 Å². The highest BCUT2D eigenvalue weighted by atomic mass is 32.2. The van der Waals surface area contributed by atoms with Crippen molar-refractivity contribution in [3.05, 3.63) is 143 Å². The van der Waals surface area contributed by atoms with Crippen LogP contribution in [0.1, 0.15) is 29.2 Å². The maximum absolute atomic E-state index is 13.8. The molecular weight excluding hydrogens is 623 g/mol. The first kappa shape index (κ1) is 33.0. The SMILES string of the molecule is Cc1ccc(C2(C)CNC(N)=C(C(=O)Nc3ccc(S(=O)(=O)CP(=O)(OCc4ccccc4)OCc4ccccc4)cc3)N2)cc1. The summed E-state index contributed by atoms with van der Waals surface area (Å²) in [5, 5.41) is 9.13. The van der Waals surface area contributed by atoms with E-state index in [9.17, 15) is 17.8 Å². The average Bonchev–Trinajstić information content (AvgIpc) is 3.05. The number of hydrogen-bond acceptors (Lipinski definition) is 9. The van der Waals surface area contributed by atoms with Crippen molar-refractivity contribution in [2.75, 3.05) is 17.4 Å². The molecule has 1 heterocycles. The molecule has 0 radical (unpaired) electrons. The third-order valence-electron chi connectivity index (χ3n) is 7.56. The van der Waals surface area contributed by atoms with Crippen LogP contribution in [0.15, 0.2) is 126 Å². The lowest BCUT2D eigenvalue weighted by molar-refractivity contribution is -0.113. The highest BCUT2D eigenvalue weighted by molar-refractivity contribution is 7.97. The third-order valence-corrected chi connectivity index (χ3v) is 12.2. The average molecular weight is 661 g/mol. The van der Waals surface area contributed by atoms with E-state index in [1.165, 1.54) is 24.3 Å². The lowest BCUT2D eigenvalue weighted by Crippen LogP contribution is -2.55. The molecule has 1 unspecified atom stereocenters. The Morgan fingerprint density at radius 2 is 1.41 bits per heavy atom. The number of carbonyl (C=O) groups is 1. The Bertz CT molecular complexity index is 1800. The number of amides is 1. The quantitative estimate of drug-likeness (QED) is 0.144. The first-order valence-electron chi connectivity index (χ1n) is 14.6. The number of aryl methyl sites for hydroxylation is 1. The molecule has 0 aromatic heterocycles. The Morgan fingerprint density at radius 1 is 0.870 bits per heavy atom. The van der Waals surface area contributed by atoms with Crippen molar-refractivity contribution < 1.29 is 26.8 Å². The second-order valence-corrected chi connectivity index (χ2v) is 15.8. The molecule has 0 bridgehead atoms. The van der Waals surface area contributed by atoms with Gasteiger partial charge >= 0.3 is 7.60 Å². The Labute approximate surface area is 269 Å². The highest BCUT2D eigenvalue weighted by Crippen LogP contribution is 2.51. The van der Waals surface area contributed by atoms with Crippen LogP contribution in [0, 0.1) is 6.92 Å². The molecule has 0 fully saturated rings. The van der Waals surface area contributed by atoms with E-state index in [4.69, 9.17) is 14.8 Å². The van der Waals surface area contributed by atoms with Crippen LogP contribution in [-0.4, -0.2) is 26.4 Å². The van der Waals surface area contributed by atoms with Crippen LogP contribution in [0.2, 0.25) is 0 Å². The molecule has 1 amide bonds. The zero-order valence-corrected chi connectivity index (χ0v) is 27.3. The second-order valence-electron chi connectivity index (χ2n) is 11.3. The predicted molar refractivity (Wildman–Crippen MR) is 178 cm³/mol. The minimum atomic E-state index is -4.13. The molecule has 1 aliphatic heterocycles. The maximum Gasteiger partial charge on any atom is 0.346 e. The fraction of sp³-hybridized carbons (Fsp3) is 0.206. The molecule has 1 atom stereocenters. The first-order chi connectivity index (χ1) is 21.9. The summed E-state index contributed by atoms with van der Waals surface area (Å²) in [6.07, 6.45) is 0. The second kappa shape index (κ2) is 13.9. The van der Waals surface area contributed by atoms with Crippen LogP contribution in [0.25, 0.3) is 0 Å². The van der Waals surface area contributed by atoms with E-state index in [1.807, 2.05) is 50.2 Å². The fourth-order valence-corrected chi connectivity index (χ4v) is 9.03. The van der Waals surface area contributed by atoms with E-state index in [0.29, 0.717) is 12.2 Å². The van der Waals surface area contributed by atoms with Crippen molar-refractivity contribution >= 4 is 29.0 Å². The lowest BCUT2D eigenvalue weighted by atomic mass is 9.89. The molecule has 5 rings (SSSR count). The molecule has 0 aliphatic carbocycles. The van der Waals surface area contributed by atoms with Crippen molar-refractivity contribution in [1.29, 1.82) is 0 Å². The molecule has 5 N–H and O–H groups in total. The summed E-state index contributed by atoms with van der Waals surface area (Å²) in [5.41, 5.74) is 8.74. The number of carbonyl (C=O) groups excluding carboxylic acids is 1. The summed E-state index contributed by atoms with van der Waals surface area (Å²) in [4.78, 5) is 13.2. The molecule has 10 nitrogen and oxygen atoms in total. The van der Waals surface area contributed by atoms with E-state index in [-0.39, 0.29) is 29.6 Å². The molecule has 4 aromatic rings. The van der Waals surface area contributed by atoms with Crippen LogP contribution in [0.3, 0.4) is 0 Å². The number of rotatable bonds is 12. The van der Waals surface area contributed by atoms with E-state index >= 15 is 0 Å². The van der Waals surface area contributed by atoms with Gasteiger partial charge in [-0.3, -0.25) is 9.36 Å². The van der Waals surface area contributed by atoms with Crippen LogP contribution in [0.5, 0.6) is 0 Å². The van der Waals surface area contributed by atoms with Gasteiger partial charge in [-0.05, 0) is 54.8 Å². The van der Waals surface area contributed by atoms with Gasteiger partial charge in [0.2, 0.25) is 0 Å². The van der Waals surface area contributed by atoms with Gasteiger partial charge in [-0.15, -0.1) is 0 Å². The predicted octanol–water partition coefficient (Wildman–Crippen LogP) is 5.53. The molecule has 0 saturated heterocycles. The van der Waals surface area contributed by atoms with Crippen molar-refractivity contribution in [1.82, 2.24) is 10.6 Å². The van der Waals surface area contributed by atoms with Gasteiger partial charge in [-0.2, -0.15) is 0 Å². The zero-order valence-electron chi connectivity index (χ0n) is 25.6. The number of hydrogen-bond donors (Lipinski definition) is 4. The maximum atomic E-state index is 13.8. The van der Waals surface area contributed by atoms with Crippen LogP contribution < -0.4 is 21.7 Å². The summed E-state index contributed by atoms with van der Waals surface area (Å²) in [6, 6.07) is 31.6. The van der Waals surface area contributed by atoms with Crippen molar-refractivity contribution in [2.45, 2.75) is 37.5 Å². The van der Waals surface area contributed by atoms with E-state index < -0.39 is 34.4 Å². The number of nitrogens with one attached hydrogen (secondary N) is 3. The van der Waals surface area contributed by atoms with Crippen molar-refractivity contribution in [3.63, 3.8) is 0 Å². The van der Waals surface area contributed by atoms with Gasteiger partial charge in [-0.25, -0.2) is 8.42 Å². The van der Waals surface area contributed by atoms with Gasteiger partial charge in [0.05, 0.1) is 23.6 Å². The standard InChI is InChI=1S/C34H37N4O6PS/c1-25-13-15-28(16-14-25)34(2)23-36-32(35)31(38-34)33(39)37-29-17-19-30(20-18-29)46(41,42)24-45(40,43-21-26-9-5-3-6-10-26)44-22-27-11-7-4-8-12-27/h3-20,36,38H,21-24,35H2,1-2H3,(H,37,39). The Morgan fingerprint density at radius 3 is 1.96 bits per heavy atom. The zero-order chi connectivity index (χ0) is 32.8. The number of benzene rings is 4. The van der Waals surface area contributed by atoms with Gasteiger partial charge in [0.25, 0.3) is 5.91 Å². The summed E-state index contributed by atoms with van der Waals surface area (Å²) in [6.45, 7) is 4.27. The third kappa shape index (κ3) is 8.24. The normalized spacial score (nSPS) is 16.7. The molecule has 240 valence electrons. The van der Waals surface area contributed by atoms with Gasteiger partial charge in [-0.1, -0.05) is 90.5 Å². The topological polar surface area (TPSA) is 149 Å². The van der Waals surface area contributed by atoms with Gasteiger partial charge in [0.15, 0.2) is 15.3 Å². The minimum Gasteiger partial charge on any atom is -0.384 e. The fourth-order valence-electron chi connectivity index (χ4n) is 4.85. The van der Waals surface area contributed by atoms with Gasteiger partial charge in [0, 0.05) is 12.2 Å². The highest BCUT2D eigenvalue weighted by Gasteiger charge is 2.35. The number of anilines is 1. The van der Waals surface area contributed by atoms with Crippen LogP contribution >= 0.6 is 7.60 Å². The Kier molecular flexibility index (Phi) is 9.98. The van der Waals surface area contributed by atoms with E-state index in [0.717, 1.165) is 22.3 Å². The molecule has 12 heteroatoms. The largest absolute Gasteiger partial charge is 0.384 e. The van der Waals surface area contributed by atoms with Crippen LogP contribution in [0.4, 0.5) is 5.69 Å². The smallest absolute Gasteiger partial charge is 0.346 e. The molecule has 0 spiro atoms. The molecule has 0 saturated carbocycles. The van der Waals surface area contributed by atoms with Crippen molar-refractivity contribution in [3.8, 4) is 0 Å². The molecule has 4 aromatic carbocycles. The van der Waals surface area contributed by atoms with Gasteiger partial charge in [0.1, 0.15) is 11.5 Å². The molecular formula is C34H37N4O6PS.